The van der Waals surface area contributed by atoms with Crippen molar-refractivity contribution in [2.75, 3.05) is 12.3 Å². The lowest BCUT2D eigenvalue weighted by molar-refractivity contribution is 0.0859. The van der Waals surface area contributed by atoms with Gasteiger partial charge in [0.15, 0.2) is 5.78 Å². The number of rotatable bonds is 4. The highest BCUT2D eigenvalue weighted by atomic mass is 79.9. The molecule has 0 aliphatic carbocycles. The van der Waals surface area contributed by atoms with Gasteiger partial charge >= 0.3 is 0 Å². The normalized spacial score (nSPS) is 19.5. The van der Waals surface area contributed by atoms with Gasteiger partial charge in [-0.2, -0.15) is 0 Å². The summed E-state index contributed by atoms with van der Waals surface area (Å²) in [5.74, 6) is 0.133. The van der Waals surface area contributed by atoms with Crippen LogP contribution in [0.25, 0.3) is 0 Å². The summed E-state index contributed by atoms with van der Waals surface area (Å²) in [4.78, 5) is 12.0. The molecule has 1 heterocycles. The van der Waals surface area contributed by atoms with Crippen LogP contribution in [-0.2, 0) is 4.74 Å². The molecule has 0 saturated carbocycles. The van der Waals surface area contributed by atoms with Crippen LogP contribution in [-0.4, -0.2) is 18.5 Å². The number of Topliss-reactive ketones (excluding diaryl/α,β-unsaturated/α-hetero) is 1. The summed E-state index contributed by atoms with van der Waals surface area (Å²) >= 11 is 3.34. The molecule has 1 aromatic rings. The Morgan fingerprint density at radius 3 is 2.94 bits per heavy atom. The summed E-state index contributed by atoms with van der Waals surface area (Å²) in [5, 5.41) is 0. The average molecular weight is 298 g/mol. The second-order valence-corrected chi connectivity index (χ2v) is 5.29. The molecule has 1 saturated heterocycles. The van der Waals surface area contributed by atoms with Gasteiger partial charge in [-0.3, -0.25) is 4.79 Å². The smallest absolute Gasteiger partial charge is 0.163 e. The molecule has 17 heavy (non-hydrogen) atoms. The Bertz CT molecular complexity index is 394. The van der Waals surface area contributed by atoms with E-state index in [1.54, 1.807) is 12.1 Å². The van der Waals surface area contributed by atoms with Crippen molar-refractivity contribution >= 4 is 27.4 Å². The zero-order valence-electron chi connectivity index (χ0n) is 9.62. The second kappa shape index (κ2) is 5.65. The molecule has 1 aliphatic rings. The summed E-state index contributed by atoms with van der Waals surface area (Å²) in [6.45, 7) is 0.836. The van der Waals surface area contributed by atoms with Crippen LogP contribution in [0.4, 0.5) is 5.69 Å². The summed E-state index contributed by atoms with van der Waals surface area (Å²) in [6.07, 6.45) is 3.80. The standard InChI is InChI=1S/C13H16BrNO2/c14-10-6-9(7-11(15)8-10)13(16)4-3-12-2-1-5-17-12/h6-8,12H,1-5,15H2. The highest BCUT2D eigenvalue weighted by Crippen LogP contribution is 2.21. The number of hydrogen-bond donors (Lipinski definition) is 1. The largest absolute Gasteiger partial charge is 0.399 e. The number of ketones is 1. The van der Waals surface area contributed by atoms with Crippen LogP contribution < -0.4 is 5.73 Å². The van der Waals surface area contributed by atoms with Crippen molar-refractivity contribution in [2.24, 2.45) is 0 Å². The van der Waals surface area contributed by atoms with E-state index in [-0.39, 0.29) is 11.9 Å². The Balaban J connectivity index is 1.94. The number of anilines is 1. The molecule has 0 amide bonds. The molecule has 0 spiro atoms. The first-order valence-electron chi connectivity index (χ1n) is 5.86. The van der Waals surface area contributed by atoms with Crippen LogP contribution in [0.3, 0.4) is 0 Å². The maximum atomic E-state index is 12.0. The van der Waals surface area contributed by atoms with Gasteiger partial charge in [0.05, 0.1) is 6.10 Å². The Labute approximate surface area is 109 Å². The molecule has 2 N–H and O–H groups in total. The molecule has 1 atom stereocenters. The molecule has 1 aromatic carbocycles. The van der Waals surface area contributed by atoms with E-state index < -0.39 is 0 Å². The predicted molar refractivity (Wildman–Crippen MR) is 71.1 cm³/mol. The quantitative estimate of drug-likeness (QED) is 0.686. The van der Waals surface area contributed by atoms with Crippen LogP contribution in [0.15, 0.2) is 22.7 Å². The van der Waals surface area contributed by atoms with Gasteiger partial charge in [-0.25, -0.2) is 0 Å². The van der Waals surface area contributed by atoms with Gasteiger partial charge in [-0.1, -0.05) is 15.9 Å². The average Bonchev–Trinajstić information content (AvgIpc) is 2.77. The first kappa shape index (κ1) is 12.6. The number of carbonyl (C=O) groups excluding carboxylic acids is 1. The van der Waals surface area contributed by atoms with Gasteiger partial charge in [0.2, 0.25) is 0 Å². The molecule has 4 heteroatoms. The summed E-state index contributed by atoms with van der Waals surface area (Å²) in [6, 6.07) is 5.33. The molecule has 0 radical (unpaired) electrons. The molecule has 2 rings (SSSR count). The van der Waals surface area contributed by atoms with E-state index in [1.807, 2.05) is 6.07 Å². The van der Waals surface area contributed by atoms with E-state index in [0.717, 1.165) is 30.3 Å². The van der Waals surface area contributed by atoms with Gasteiger partial charge in [0, 0.05) is 28.8 Å². The van der Waals surface area contributed by atoms with E-state index in [4.69, 9.17) is 10.5 Å². The van der Waals surface area contributed by atoms with Crippen molar-refractivity contribution in [3.05, 3.63) is 28.2 Å². The Morgan fingerprint density at radius 1 is 1.47 bits per heavy atom. The van der Waals surface area contributed by atoms with Crippen molar-refractivity contribution in [2.45, 2.75) is 31.8 Å². The molecular weight excluding hydrogens is 282 g/mol. The maximum Gasteiger partial charge on any atom is 0.163 e. The molecule has 3 nitrogen and oxygen atoms in total. The number of benzene rings is 1. The molecule has 1 fully saturated rings. The predicted octanol–water partition coefficient (Wildman–Crippen LogP) is 3.17. The van der Waals surface area contributed by atoms with Gasteiger partial charge in [0.25, 0.3) is 0 Å². The first-order valence-corrected chi connectivity index (χ1v) is 6.65. The second-order valence-electron chi connectivity index (χ2n) is 4.37. The van der Waals surface area contributed by atoms with Crippen molar-refractivity contribution in [1.29, 1.82) is 0 Å². The van der Waals surface area contributed by atoms with Crippen LogP contribution >= 0.6 is 15.9 Å². The number of hydrogen-bond acceptors (Lipinski definition) is 3. The van der Waals surface area contributed by atoms with Gasteiger partial charge in [-0.15, -0.1) is 0 Å². The van der Waals surface area contributed by atoms with Crippen LogP contribution in [0.1, 0.15) is 36.0 Å². The third-order valence-electron chi connectivity index (χ3n) is 2.96. The fourth-order valence-corrected chi connectivity index (χ4v) is 2.59. The highest BCUT2D eigenvalue weighted by molar-refractivity contribution is 9.10. The molecule has 1 unspecified atom stereocenters. The Kier molecular flexibility index (Phi) is 4.18. The van der Waals surface area contributed by atoms with Gasteiger partial charge in [-0.05, 0) is 37.5 Å². The molecular formula is C13H16BrNO2. The summed E-state index contributed by atoms with van der Waals surface area (Å²) < 4.78 is 6.35. The van der Waals surface area contributed by atoms with Crippen molar-refractivity contribution in [3.8, 4) is 0 Å². The van der Waals surface area contributed by atoms with Crippen molar-refractivity contribution in [3.63, 3.8) is 0 Å². The topological polar surface area (TPSA) is 52.3 Å². The van der Waals surface area contributed by atoms with Gasteiger partial charge in [0.1, 0.15) is 0 Å². The monoisotopic (exact) mass is 297 g/mol. The fraction of sp³-hybridized carbons (Fsp3) is 0.462. The minimum atomic E-state index is 0.133. The third-order valence-corrected chi connectivity index (χ3v) is 3.42. The van der Waals surface area contributed by atoms with Crippen molar-refractivity contribution < 1.29 is 9.53 Å². The summed E-state index contributed by atoms with van der Waals surface area (Å²) in [7, 11) is 0. The van der Waals surface area contributed by atoms with Crippen LogP contribution in [0, 0.1) is 0 Å². The molecule has 92 valence electrons. The van der Waals surface area contributed by atoms with E-state index >= 15 is 0 Å². The minimum Gasteiger partial charge on any atom is -0.399 e. The lowest BCUT2D eigenvalue weighted by Crippen LogP contribution is -2.09. The van der Waals surface area contributed by atoms with E-state index in [9.17, 15) is 4.79 Å². The number of halogens is 1. The number of carbonyl (C=O) groups is 1. The maximum absolute atomic E-state index is 12.0. The van der Waals surface area contributed by atoms with Crippen molar-refractivity contribution in [1.82, 2.24) is 0 Å². The molecule has 0 aromatic heterocycles. The first-order chi connectivity index (χ1) is 8.15. The molecule has 0 bridgehead atoms. The number of ether oxygens (including phenoxy) is 1. The van der Waals surface area contributed by atoms with E-state index in [2.05, 4.69) is 15.9 Å². The fourth-order valence-electron chi connectivity index (χ4n) is 2.08. The van der Waals surface area contributed by atoms with E-state index in [0.29, 0.717) is 17.7 Å². The summed E-state index contributed by atoms with van der Waals surface area (Å²) in [5.41, 5.74) is 7.00. The number of nitrogens with two attached hydrogens (primary N) is 1. The minimum absolute atomic E-state index is 0.133. The zero-order chi connectivity index (χ0) is 12.3. The Morgan fingerprint density at radius 2 is 2.29 bits per heavy atom. The lowest BCUT2D eigenvalue weighted by atomic mass is 10.0. The zero-order valence-corrected chi connectivity index (χ0v) is 11.2. The van der Waals surface area contributed by atoms with Crippen LogP contribution in [0.5, 0.6) is 0 Å². The highest BCUT2D eigenvalue weighted by Gasteiger charge is 2.17. The van der Waals surface area contributed by atoms with E-state index in [1.165, 1.54) is 0 Å². The Hall–Kier alpha value is -0.870. The SMILES string of the molecule is Nc1cc(Br)cc(C(=O)CCC2CCCO2)c1. The lowest BCUT2D eigenvalue weighted by Gasteiger charge is -2.08. The number of nitrogen functional groups attached to an aromatic ring is 1. The van der Waals surface area contributed by atoms with Crippen LogP contribution in [0.2, 0.25) is 0 Å². The third kappa shape index (κ3) is 3.54. The van der Waals surface area contributed by atoms with Gasteiger partial charge < -0.3 is 10.5 Å². The molecule has 1 aliphatic heterocycles.